The fraction of sp³-hybridized carbons (Fsp3) is 0.458. The number of nitrogens with one attached hydrogen (secondary N) is 1. The first-order chi connectivity index (χ1) is 15.9. The third-order valence-electron chi connectivity index (χ3n) is 5.71. The zero-order valence-corrected chi connectivity index (χ0v) is 20.3. The minimum absolute atomic E-state index is 0.130. The number of hydrogen-bond donors (Lipinski definition) is 1. The Morgan fingerprint density at radius 1 is 1.09 bits per heavy atom. The number of nitrogens with zero attached hydrogens (tertiary/aromatic N) is 2. The average molecular weight is 476 g/mol. The summed E-state index contributed by atoms with van der Waals surface area (Å²) >= 11 is 0. The maximum atomic E-state index is 13.4. The van der Waals surface area contributed by atoms with Crippen molar-refractivity contribution in [1.82, 2.24) is 9.62 Å². The van der Waals surface area contributed by atoms with Crippen molar-refractivity contribution in [1.29, 1.82) is 0 Å². The number of amides is 1. The van der Waals surface area contributed by atoms with Gasteiger partial charge in [0.2, 0.25) is 5.91 Å². The fourth-order valence-electron chi connectivity index (χ4n) is 3.94. The summed E-state index contributed by atoms with van der Waals surface area (Å²) in [6.45, 7) is 5.50. The Labute approximate surface area is 196 Å². The molecule has 1 aliphatic heterocycles. The summed E-state index contributed by atoms with van der Waals surface area (Å²) in [6, 6.07) is 14.5. The van der Waals surface area contributed by atoms with Crippen molar-refractivity contribution >= 4 is 21.8 Å². The number of anilines is 1. The summed E-state index contributed by atoms with van der Waals surface area (Å²) < 4.78 is 40.2. The highest BCUT2D eigenvalue weighted by molar-refractivity contribution is 7.90. The van der Waals surface area contributed by atoms with Crippen molar-refractivity contribution in [3.63, 3.8) is 0 Å². The minimum atomic E-state index is -3.76. The van der Waals surface area contributed by atoms with E-state index in [-0.39, 0.29) is 18.4 Å². The lowest BCUT2D eigenvalue weighted by molar-refractivity contribution is -0.126. The van der Waals surface area contributed by atoms with Crippen LogP contribution in [-0.4, -0.2) is 52.0 Å². The Morgan fingerprint density at radius 2 is 1.76 bits per heavy atom. The molecule has 0 radical (unpaired) electrons. The molecule has 0 spiro atoms. The van der Waals surface area contributed by atoms with E-state index in [0.29, 0.717) is 50.5 Å². The molecule has 1 fully saturated rings. The Balaban J connectivity index is 1.64. The van der Waals surface area contributed by atoms with E-state index in [1.54, 1.807) is 38.3 Å². The van der Waals surface area contributed by atoms with E-state index in [9.17, 15) is 13.2 Å². The van der Waals surface area contributed by atoms with Gasteiger partial charge in [0.25, 0.3) is 0 Å². The van der Waals surface area contributed by atoms with Gasteiger partial charge in [-0.1, -0.05) is 12.1 Å². The van der Waals surface area contributed by atoms with Crippen LogP contribution in [0.3, 0.4) is 0 Å². The van der Waals surface area contributed by atoms with Crippen LogP contribution in [0.2, 0.25) is 0 Å². The Morgan fingerprint density at radius 3 is 2.36 bits per heavy atom. The van der Waals surface area contributed by atoms with Gasteiger partial charge >= 0.3 is 10.2 Å². The molecule has 1 aliphatic rings. The van der Waals surface area contributed by atoms with Crippen LogP contribution in [0.25, 0.3) is 0 Å². The molecular formula is C24H33N3O5S. The first-order valence-corrected chi connectivity index (χ1v) is 12.7. The number of methoxy groups -OCH3 is 1. The standard InChI is InChI=1S/C24H33N3O5S/c1-4-27(21-10-14-23(15-11-21)32-5-2)33(29,30)26-16-6-7-20(18-26)24(28)25-17-19-8-12-22(31-3)13-9-19/h8-15,20H,4-7,16-18H2,1-3H3,(H,25,28)/t20-/m1/s1. The molecule has 180 valence electrons. The summed E-state index contributed by atoms with van der Waals surface area (Å²) in [5.41, 5.74) is 1.53. The predicted octanol–water partition coefficient (Wildman–Crippen LogP) is 3.19. The fourth-order valence-corrected chi connectivity index (χ4v) is 5.66. The predicted molar refractivity (Wildman–Crippen MR) is 129 cm³/mol. The molecule has 0 aliphatic carbocycles. The minimum Gasteiger partial charge on any atom is -0.497 e. The molecule has 0 saturated carbocycles. The van der Waals surface area contributed by atoms with Crippen molar-refractivity contribution in [3.8, 4) is 11.5 Å². The van der Waals surface area contributed by atoms with Crippen LogP contribution in [0.5, 0.6) is 11.5 Å². The largest absolute Gasteiger partial charge is 0.497 e. The molecule has 8 nitrogen and oxygen atoms in total. The molecule has 3 rings (SSSR count). The molecule has 1 amide bonds. The second-order valence-electron chi connectivity index (χ2n) is 7.86. The van der Waals surface area contributed by atoms with Crippen molar-refractivity contribution < 1.29 is 22.7 Å². The second kappa shape index (κ2) is 11.4. The highest BCUT2D eigenvalue weighted by atomic mass is 32.2. The van der Waals surface area contributed by atoms with Crippen molar-refractivity contribution in [2.75, 3.05) is 37.7 Å². The van der Waals surface area contributed by atoms with Gasteiger partial charge in [0.1, 0.15) is 11.5 Å². The molecule has 1 saturated heterocycles. The SMILES string of the molecule is CCOc1ccc(N(CC)S(=O)(=O)N2CCC[C@@H](C(=O)NCc3ccc(OC)cc3)C2)cc1. The zero-order chi connectivity index (χ0) is 23.8. The number of rotatable bonds is 10. The van der Waals surface area contributed by atoms with Gasteiger partial charge < -0.3 is 14.8 Å². The Kier molecular flexibility index (Phi) is 8.57. The van der Waals surface area contributed by atoms with Crippen LogP contribution in [0.1, 0.15) is 32.3 Å². The average Bonchev–Trinajstić information content (AvgIpc) is 2.84. The smallest absolute Gasteiger partial charge is 0.304 e. The molecule has 1 atom stereocenters. The van der Waals surface area contributed by atoms with Gasteiger partial charge in [0.05, 0.1) is 25.3 Å². The van der Waals surface area contributed by atoms with E-state index in [1.807, 2.05) is 31.2 Å². The van der Waals surface area contributed by atoms with Crippen LogP contribution in [0, 0.1) is 5.92 Å². The summed E-state index contributed by atoms with van der Waals surface area (Å²) in [5, 5.41) is 2.94. The zero-order valence-electron chi connectivity index (χ0n) is 19.5. The van der Waals surface area contributed by atoms with E-state index in [0.717, 1.165) is 11.3 Å². The number of carbonyl (C=O) groups excluding carboxylic acids is 1. The lowest BCUT2D eigenvalue weighted by Crippen LogP contribution is -2.50. The number of hydrogen-bond acceptors (Lipinski definition) is 5. The molecule has 33 heavy (non-hydrogen) atoms. The Bertz CT molecular complexity index is 1010. The van der Waals surface area contributed by atoms with Crippen LogP contribution in [-0.2, 0) is 21.5 Å². The van der Waals surface area contributed by atoms with Crippen molar-refractivity contribution in [2.24, 2.45) is 5.92 Å². The molecule has 1 N–H and O–H groups in total. The lowest BCUT2D eigenvalue weighted by Gasteiger charge is -2.35. The highest BCUT2D eigenvalue weighted by Gasteiger charge is 2.35. The molecule has 0 bridgehead atoms. The van der Waals surface area contributed by atoms with Crippen molar-refractivity contribution in [3.05, 3.63) is 54.1 Å². The summed E-state index contributed by atoms with van der Waals surface area (Å²) in [6.07, 6.45) is 1.30. The number of piperidine rings is 1. The Hall–Kier alpha value is -2.78. The summed E-state index contributed by atoms with van der Waals surface area (Å²) in [5.74, 6) is 0.938. The summed E-state index contributed by atoms with van der Waals surface area (Å²) in [4.78, 5) is 12.8. The molecule has 2 aromatic rings. The monoisotopic (exact) mass is 475 g/mol. The maximum absolute atomic E-state index is 13.4. The van der Waals surface area contributed by atoms with Gasteiger partial charge in [-0.05, 0) is 68.7 Å². The summed E-state index contributed by atoms with van der Waals surface area (Å²) in [7, 11) is -2.16. The first kappa shape index (κ1) is 24.9. The van der Waals surface area contributed by atoms with E-state index < -0.39 is 10.2 Å². The molecule has 9 heteroatoms. The molecule has 1 heterocycles. The van der Waals surface area contributed by atoms with Gasteiger partial charge in [0.15, 0.2) is 0 Å². The van der Waals surface area contributed by atoms with E-state index in [2.05, 4.69) is 5.32 Å². The second-order valence-corrected chi connectivity index (χ2v) is 9.72. The highest BCUT2D eigenvalue weighted by Crippen LogP contribution is 2.27. The van der Waals surface area contributed by atoms with Crippen LogP contribution >= 0.6 is 0 Å². The van der Waals surface area contributed by atoms with Crippen LogP contribution < -0.4 is 19.1 Å². The van der Waals surface area contributed by atoms with Gasteiger partial charge in [-0.3, -0.25) is 9.10 Å². The number of carbonyl (C=O) groups is 1. The van der Waals surface area contributed by atoms with E-state index >= 15 is 0 Å². The van der Waals surface area contributed by atoms with Gasteiger partial charge in [-0.15, -0.1) is 0 Å². The maximum Gasteiger partial charge on any atom is 0.304 e. The third kappa shape index (κ3) is 6.17. The van der Waals surface area contributed by atoms with Gasteiger partial charge in [-0.2, -0.15) is 12.7 Å². The van der Waals surface area contributed by atoms with Crippen LogP contribution in [0.4, 0.5) is 5.69 Å². The molecule has 2 aromatic carbocycles. The van der Waals surface area contributed by atoms with Gasteiger partial charge in [0, 0.05) is 26.2 Å². The number of benzene rings is 2. The lowest BCUT2D eigenvalue weighted by atomic mass is 9.99. The number of ether oxygens (including phenoxy) is 2. The van der Waals surface area contributed by atoms with Crippen molar-refractivity contribution in [2.45, 2.75) is 33.2 Å². The molecular weight excluding hydrogens is 442 g/mol. The quantitative estimate of drug-likeness (QED) is 0.570. The molecule has 0 aromatic heterocycles. The first-order valence-electron chi connectivity index (χ1n) is 11.3. The third-order valence-corrected chi connectivity index (χ3v) is 7.72. The normalized spacial score (nSPS) is 16.8. The molecule has 0 unspecified atom stereocenters. The van der Waals surface area contributed by atoms with E-state index in [4.69, 9.17) is 9.47 Å². The van der Waals surface area contributed by atoms with Crippen LogP contribution in [0.15, 0.2) is 48.5 Å². The topological polar surface area (TPSA) is 88.2 Å². The van der Waals surface area contributed by atoms with Gasteiger partial charge in [-0.25, -0.2) is 0 Å². The van der Waals surface area contributed by atoms with E-state index in [1.165, 1.54) is 8.61 Å².